The Morgan fingerprint density at radius 2 is 0.885 bits per heavy atom. The molecule has 4 amide bonds. The highest BCUT2D eigenvalue weighted by atomic mass is 16.2. The Balaban J connectivity index is 1.47. The standard InChI is InChI=1S/C38H38N8O6/c1-19-7-9-27(35(39)49)17-31(19)43-45-33(23(5)47)37(51)41-29-13-11-25(15-21(29)3)26-12-14-30(22(4)16-26)42-38(52)34(24(6)48)46-44-32-18-28(36(40)50)10-8-20(32)2/h7-18,33-34H,1-6H3,(H2,39,49)(H2,40,50)(H,41,51)(H,42,52). The lowest BCUT2D eigenvalue weighted by Crippen LogP contribution is -2.32. The molecule has 4 rings (SSSR count). The summed E-state index contributed by atoms with van der Waals surface area (Å²) >= 11 is 0. The van der Waals surface area contributed by atoms with Crippen molar-refractivity contribution in [3.8, 4) is 11.1 Å². The van der Waals surface area contributed by atoms with Gasteiger partial charge < -0.3 is 22.1 Å². The number of rotatable bonds is 13. The number of ketones is 2. The van der Waals surface area contributed by atoms with Gasteiger partial charge in [-0.15, -0.1) is 0 Å². The fraction of sp³-hybridized carbons (Fsp3) is 0.211. The predicted molar refractivity (Wildman–Crippen MR) is 196 cm³/mol. The summed E-state index contributed by atoms with van der Waals surface area (Å²) in [7, 11) is 0. The van der Waals surface area contributed by atoms with Crippen LogP contribution < -0.4 is 22.1 Å². The number of carbonyl (C=O) groups excluding carboxylic acids is 6. The second-order valence-electron chi connectivity index (χ2n) is 12.2. The number of carbonyl (C=O) groups is 6. The van der Waals surface area contributed by atoms with E-state index in [0.717, 1.165) is 11.1 Å². The van der Waals surface area contributed by atoms with Crippen LogP contribution in [0.15, 0.2) is 93.3 Å². The Labute approximate surface area is 299 Å². The summed E-state index contributed by atoms with van der Waals surface area (Å²) in [5.41, 5.74) is 17.1. The van der Waals surface area contributed by atoms with Crippen LogP contribution in [0, 0.1) is 27.7 Å². The molecule has 0 aliphatic carbocycles. The maximum absolute atomic E-state index is 13.1. The summed E-state index contributed by atoms with van der Waals surface area (Å²) in [6, 6.07) is 17.1. The van der Waals surface area contributed by atoms with E-state index in [1.54, 1.807) is 76.2 Å². The molecule has 52 heavy (non-hydrogen) atoms. The molecular weight excluding hydrogens is 664 g/mol. The summed E-state index contributed by atoms with van der Waals surface area (Å²) in [5, 5.41) is 21.6. The van der Waals surface area contributed by atoms with Crippen molar-refractivity contribution in [3.05, 3.63) is 106 Å². The highest BCUT2D eigenvalue weighted by Gasteiger charge is 2.25. The van der Waals surface area contributed by atoms with Gasteiger partial charge in [-0.1, -0.05) is 24.3 Å². The van der Waals surface area contributed by atoms with Crippen molar-refractivity contribution in [2.45, 2.75) is 53.6 Å². The van der Waals surface area contributed by atoms with Crippen LogP contribution in [0.2, 0.25) is 0 Å². The van der Waals surface area contributed by atoms with Crippen LogP contribution in [0.3, 0.4) is 0 Å². The third-order valence-corrected chi connectivity index (χ3v) is 8.12. The van der Waals surface area contributed by atoms with Gasteiger partial charge in [-0.3, -0.25) is 28.8 Å². The monoisotopic (exact) mass is 702 g/mol. The van der Waals surface area contributed by atoms with Gasteiger partial charge in [0.2, 0.25) is 23.9 Å². The van der Waals surface area contributed by atoms with Gasteiger partial charge >= 0.3 is 0 Å². The highest BCUT2D eigenvalue weighted by Crippen LogP contribution is 2.29. The van der Waals surface area contributed by atoms with Crippen molar-refractivity contribution in [1.82, 2.24) is 0 Å². The van der Waals surface area contributed by atoms with Crippen LogP contribution in [0.25, 0.3) is 11.1 Å². The van der Waals surface area contributed by atoms with Crippen LogP contribution in [-0.2, 0) is 19.2 Å². The van der Waals surface area contributed by atoms with E-state index < -0.39 is 47.3 Å². The van der Waals surface area contributed by atoms with Crippen molar-refractivity contribution >= 4 is 57.9 Å². The average Bonchev–Trinajstić information content (AvgIpc) is 3.07. The number of azo groups is 2. The molecule has 14 nitrogen and oxygen atoms in total. The van der Waals surface area contributed by atoms with Crippen molar-refractivity contribution < 1.29 is 28.8 Å². The lowest BCUT2D eigenvalue weighted by molar-refractivity contribution is -0.127. The second-order valence-corrected chi connectivity index (χ2v) is 12.2. The summed E-state index contributed by atoms with van der Waals surface area (Å²) in [5.74, 6) is -3.69. The quantitative estimate of drug-likeness (QED) is 0.0943. The topological polar surface area (TPSA) is 228 Å². The molecular formula is C38H38N8O6. The molecule has 0 heterocycles. The molecule has 2 unspecified atom stereocenters. The average molecular weight is 703 g/mol. The number of nitrogens with two attached hydrogens (primary N) is 2. The van der Waals surface area contributed by atoms with Gasteiger partial charge in [-0.25, -0.2) is 0 Å². The number of aryl methyl sites for hydroxylation is 4. The molecule has 2 atom stereocenters. The summed E-state index contributed by atoms with van der Waals surface area (Å²) in [6.07, 6.45) is 0. The van der Waals surface area contributed by atoms with Gasteiger partial charge in [0.15, 0.2) is 11.6 Å². The van der Waals surface area contributed by atoms with Gasteiger partial charge in [0.25, 0.3) is 11.8 Å². The predicted octanol–water partition coefficient (Wildman–Crippen LogP) is 6.15. The largest absolute Gasteiger partial charge is 0.366 e. The Hall–Kier alpha value is -6.70. The van der Waals surface area contributed by atoms with Crippen molar-refractivity contribution in [3.63, 3.8) is 0 Å². The third-order valence-electron chi connectivity index (χ3n) is 8.12. The number of nitrogens with zero attached hydrogens (tertiary/aromatic N) is 4. The van der Waals surface area contributed by atoms with Gasteiger partial charge in [-0.05, 0) is 123 Å². The molecule has 0 fully saturated rings. The molecule has 14 heteroatoms. The molecule has 0 aliphatic heterocycles. The number of primary amides is 2. The van der Waals surface area contributed by atoms with E-state index in [1.165, 1.54) is 26.0 Å². The van der Waals surface area contributed by atoms with Gasteiger partial charge in [-0.2, -0.15) is 20.5 Å². The number of benzene rings is 4. The first-order chi connectivity index (χ1) is 24.5. The molecule has 4 aromatic carbocycles. The zero-order valence-corrected chi connectivity index (χ0v) is 29.5. The van der Waals surface area contributed by atoms with Crippen LogP contribution in [0.1, 0.15) is 56.8 Å². The fourth-order valence-electron chi connectivity index (χ4n) is 4.99. The van der Waals surface area contributed by atoms with E-state index in [-0.39, 0.29) is 11.1 Å². The Morgan fingerprint density at radius 1 is 0.519 bits per heavy atom. The van der Waals surface area contributed by atoms with Crippen LogP contribution >= 0.6 is 0 Å². The van der Waals surface area contributed by atoms with Gasteiger partial charge in [0, 0.05) is 22.5 Å². The SMILES string of the molecule is CC(=O)C(N=Nc1cc(C(N)=O)ccc1C)C(=O)Nc1ccc(-c2ccc(NC(=O)C(N=Nc3cc(C(N)=O)ccc3C)C(C)=O)c(C)c2)cc1C. The maximum atomic E-state index is 13.1. The maximum Gasteiger partial charge on any atom is 0.258 e. The first-order valence-electron chi connectivity index (χ1n) is 16.0. The number of hydrogen-bond donors (Lipinski definition) is 4. The van der Waals surface area contributed by atoms with Crippen LogP contribution in [0.5, 0.6) is 0 Å². The first kappa shape index (κ1) is 38.1. The number of anilines is 2. The molecule has 0 saturated heterocycles. The minimum Gasteiger partial charge on any atom is -0.366 e. The van der Waals surface area contributed by atoms with Crippen molar-refractivity contribution in [2.24, 2.45) is 31.9 Å². The van der Waals surface area contributed by atoms with E-state index >= 15 is 0 Å². The zero-order valence-electron chi connectivity index (χ0n) is 29.5. The molecule has 0 saturated carbocycles. The Kier molecular flexibility index (Phi) is 12.0. The van der Waals surface area contributed by atoms with Crippen LogP contribution in [-0.4, -0.2) is 47.3 Å². The smallest absolute Gasteiger partial charge is 0.258 e. The van der Waals surface area contributed by atoms with E-state index in [0.29, 0.717) is 45.0 Å². The molecule has 4 aromatic rings. The van der Waals surface area contributed by atoms with Crippen molar-refractivity contribution in [2.75, 3.05) is 10.6 Å². The number of nitrogens with one attached hydrogen (secondary N) is 2. The molecule has 0 aliphatic rings. The van der Waals surface area contributed by atoms with Crippen LogP contribution in [0.4, 0.5) is 22.7 Å². The minimum atomic E-state index is -1.43. The fourth-order valence-corrected chi connectivity index (χ4v) is 4.99. The lowest BCUT2D eigenvalue weighted by atomic mass is 9.99. The van der Waals surface area contributed by atoms with E-state index in [4.69, 9.17) is 11.5 Å². The number of hydrogen-bond acceptors (Lipinski definition) is 10. The summed E-state index contributed by atoms with van der Waals surface area (Å²) in [6.45, 7) is 9.55. The molecule has 0 spiro atoms. The number of Topliss-reactive ketones (excluding diaryl/α,β-unsaturated/α-hetero) is 2. The van der Waals surface area contributed by atoms with E-state index in [9.17, 15) is 28.8 Å². The Morgan fingerprint density at radius 3 is 1.19 bits per heavy atom. The van der Waals surface area contributed by atoms with Gasteiger partial charge in [0.1, 0.15) is 0 Å². The normalized spacial score (nSPS) is 12.3. The lowest BCUT2D eigenvalue weighted by Gasteiger charge is -2.15. The molecule has 266 valence electrons. The third kappa shape index (κ3) is 9.29. The number of amides is 4. The van der Waals surface area contributed by atoms with Crippen molar-refractivity contribution in [1.29, 1.82) is 0 Å². The molecule has 6 N–H and O–H groups in total. The Bertz CT molecular complexity index is 2020. The van der Waals surface area contributed by atoms with Gasteiger partial charge in [0.05, 0.1) is 11.4 Å². The highest BCUT2D eigenvalue weighted by molar-refractivity contribution is 6.11. The first-order valence-corrected chi connectivity index (χ1v) is 16.0. The van der Waals surface area contributed by atoms with E-state index in [1.807, 2.05) is 12.1 Å². The summed E-state index contributed by atoms with van der Waals surface area (Å²) < 4.78 is 0. The second kappa shape index (κ2) is 16.3. The molecule has 0 aromatic heterocycles. The molecule has 0 radical (unpaired) electrons. The van der Waals surface area contributed by atoms with E-state index in [2.05, 4.69) is 31.1 Å². The zero-order chi connectivity index (χ0) is 38.3. The summed E-state index contributed by atoms with van der Waals surface area (Å²) in [4.78, 5) is 74.1. The molecule has 0 bridgehead atoms. The minimum absolute atomic E-state index is 0.218.